The molecule has 1 rings (SSSR count). The molecule has 0 fully saturated rings. The lowest BCUT2D eigenvalue weighted by molar-refractivity contribution is 0.393. The maximum atomic E-state index is 11.8. The van der Waals surface area contributed by atoms with E-state index in [1.54, 1.807) is 19.1 Å². The summed E-state index contributed by atoms with van der Waals surface area (Å²) in [6, 6.07) is 4.60. The van der Waals surface area contributed by atoms with Gasteiger partial charge >= 0.3 is 0 Å². The van der Waals surface area contributed by atoms with Gasteiger partial charge < -0.3 is 4.74 Å². The zero-order valence-corrected chi connectivity index (χ0v) is 10.0. The monoisotopic (exact) mass is 249 g/mol. The maximum Gasteiger partial charge on any atom is 0.214 e. The molecule has 4 nitrogen and oxygen atoms in total. The van der Waals surface area contributed by atoms with Crippen LogP contribution in [0.25, 0.3) is 0 Å². The van der Waals surface area contributed by atoms with Gasteiger partial charge in [0.15, 0.2) is 14.9 Å². The lowest BCUT2D eigenvalue weighted by Crippen LogP contribution is -2.20. The Kier molecular flexibility index (Phi) is 3.93. The summed E-state index contributed by atoms with van der Waals surface area (Å²) in [5, 5.41) is -0.659. The number of ether oxygens (including phenoxy) is 1. The number of sulfone groups is 1. The van der Waals surface area contributed by atoms with Gasteiger partial charge in [-0.15, -0.1) is 11.6 Å². The Balaban J connectivity index is 3.16. The number of hydrogen-bond acceptors (Lipinski definition) is 4. The van der Waals surface area contributed by atoms with Crippen molar-refractivity contribution in [3.63, 3.8) is 0 Å². The smallest absolute Gasteiger partial charge is 0.214 e. The Morgan fingerprint density at radius 2 is 2.20 bits per heavy atom. The van der Waals surface area contributed by atoms with Crippen LogP contribution in [0.5, 0.6) is 5.88 Å². The SMILES string of the molecule is COc1cccc(S(=O)(=O)C(C)CCl)n1. The molecule has 0 amide bonds. The minimum atomic E-state index is -3.44. The molecule has 0 aliphatic rings. The van der Waals surface area contributed by atoms with Gasteiger partial charge in [-0.3, -0.25) is 0 Å². The molecule has 6 heteroatoms. The largest absolute Gasteiger partial charge is 0.481 e. The Morgan fingerprint density at radius 1 is 1.53 bits per heavy atom. The zero-order valence-electron chi connectivity index (χ0n) is 8.47. The van der Waals surface area contributed by atoms with E-state index in [2.05, 4.69) is 4.98 Å². The summed E-state index contributed by atoms with van der Waals surface area (Å²) in [5.41, 5.74) is 0. The van der Waals surface area contributed by atoms with Crippen molar-refractivity contribution in [3.8, 4) is 5.88 Å². The molecule has 84 valence electrons. The highest BCUT2D eigenvalue weighted by molar-refractivity contribution is 7.92. The molecular weight excluding hydrogens is 238 g/mol. The van der Waals surface area contributed by atoms with E-state index in [0.717, 1.165) is 0 Å². The molecule has 0 aliphatic carbocycles. The highest BCUT2D eigenvalue weighted by Gasteiger charge is 2.24. The summed E-state index contributed by atoms with van der Waals surface area (Å²) < 4.78 is 28.5. The van der Waals surface area contributed by atoms with Crippen LogP contribution in [-0.2, 0) is 9.84 Å². The highest BCUT2D eigenvalue weighted by atomic mass is 35.5. The molecule has 0 bridgehead atoms. The van der Waals surface area contributed by atoms with Crippen LogP contribution < -0.4 is 4.74 Å². The van der Waals surface area contributed by atoms with E-state index in [1.807, 2.05) is 0 Å². The lowest BCUT2D eigenvalue weighted by Gasteiger charge is -2.09. The predicted molar refractivity (Wildman–Crippen MR) is 58.2 cm³/mol. The predicted octanol–water partition coefficient (Wildman–Crippen LogP) is 1.49. The van der Waals surface area contributed by atoms with E-state index >= 15 is 0 Å². The molecule has 0 N–H and O–H groups in total. The van der Waals surface area contributed by atoms with E-state index in [9.17, 15) is 8.42 Å². The van der Waals surface area contributed by atoms with E-state index in [0.29, 0.717) is 0 Å². The van der Waals surface area contributed by atoms with Gasteiger partial charge in [0, 0.05) is 11.9 Å². The standard InChI is InChI=1S/C9H12ClNO3S/c1-7(6-10)15(12,13)9-5-3-4-8(11-9)14-2/h3-5,7H,6H2,1-2H3. The van der Waals surface area contributed by atoms with Crippen molar-refractivity contribution in [1.82, 2.24) is 4.98 Å². The first-order chi connectivity index (χ1) is 7.02. The van der Waals surface area contributed by atoms with Gasteiger partial charge in [-0.1, -0.05) is 6.07 Å². The van der Waals surface area contributed by atoms with Crippen molar-refractivity contribution < 1.29 is 13.2 Å². The second kappa shape index (κ2) is 4.81. The fourth-order valence-electron chi connectivity index (χ4n) is 0.957. The molecule has 0 saturated heterocycles. The fraction of sp³-hybridized carbons (Fsp3) is 0.444. The van der Waals surface area contributed by atoms with Crippen LogP contribution in [0, 0.1) is 0 Å². The average Bonchev–Trinajstić information content (AvgIpc) is 2.27. The Labute approximate surface area is 94.2 Å². The fourth-order valence-corrected chi connectivity index (χ4v) is 2.52. The van der Waals surface area contributed by atoms with Gasteiger partial charge in [0.2, 0.25) is 5.88 Å². The number of methoxy groups -OCH3 is 1. The number of pyridine rings is 1. The van der Waals surface area contributed by atoms with Crippen LogP contribution in [-0.4, -0.2) is 31.6 Å². The number of rotatable bonds is 4. The summed E-state index contributed by atoms with van der Waals surface area (Å²) in [6.07, 6.45) is 0. The normalized spacial score (nSPS) is 13.5. The summed E-state index contributed by atoms with van der Waals surface area (Å²) >= 11 is 5.52. The highest BCUT2D eigenvalue weighted by Crippen LogP contribution is 2.17. The van der Waals surface area contributed by atoms with Crippen molar-refractivity contribution in [3.05, 3.63) is 18.2 Å². The van der Waals surface area contributed by atoms with Crippen LogP contribution in [0.1, 0.15) is 6.92 Å². The number of halogens is 1. The maximum absolute atomic E-state index is 11.8. The van der Waals surface area contributed by atoms with E-state index < -0.39 is 15.1 Å². The zero-order chi connectivity index (χ0) is 11.5. The minimum absolute atomic E-state index is 0.00463. The van der Waals surface area contributed by atoms with Crippen LogP contribution in [0.3, 0.4) is 0 Å². The third kappa shape index (κ3) is 2.60. The molecule has 1 atom stereocenters. The van der Waals surface area contributed by atoms with Crippen molar-refractivity contribution in [2.45, 2.75) is 17.2 Å². The third-order valence-electron chi connectivity index (χ3n) is 1.95. The minimum Gasteiger partial charge on any atom is -0.481 e. The first-order valence-electron chi connectivity index (χ1n) is 4.33. The molecule has 1 aromatic rings. The molecular formula is C9H12ClNO3S. The molecule has 0 aromatic carbocycles. The second-order valence-corrected chi connectivity index (χ2v) is 5.65. The molecule has 1 unspecified atom stereocenters. The number of hydrogen-bond donors (Lipinski definition) is 0. The van der Waals surface area contributed by atoms with E-state index in [1.165, 1.54) is 13.2 Å². The molecule has 0 saturated carbocycles. The van der Waals surface area contributed by atoms with E-state index in [-0.39, 0.29) is 16.8 Å². The first-order valence-corrected chi connectivity index (χ1v) is 6.41. The third-order valence-corrected chi connectivity index (χ3v) is 4.63. The van der Waals surface area contributed by atoms with Crippen LogP contribution in [0.15, 0.2) is 23.2 Å². The van der Waals surface area contributed by atoms with Crippen molar-refractivity contribution in [1.29, 1.82) is 0 Å². The summed E-state index contributed by atoms with van der Waals surface area (Å²) in [5.74, 6) is 0.319. The summed E-state index contributed by atoms with van der Waals surface area (Å²) in [4.78, 5) is 3.86. The summed E-state index contributed by atoms with van der Waals surface area (Å²) in [7, 11) is -2.01. The Hall–Kier alpha value is -0.810. The molecule has 15 heavy (non-hydrogen) atoms. The average molecular weight is 250 g/mol. The van der Waals surface area contributed by atoms with Crippen molar-refractivity contribution >= 4 is 21.4 Å². The van der Waals surface area contributed by atoms with E-state index in [4.69, 9.17) is 16.3 Å². The van der Waals surface area contributed by atoms with Gasteiger partial charge in [0.05, 0.1) is 12.4 Å². The van der Waals surface area contributed by atoms with Gasteiger partial charge in [-0.25, -0.2) is 13.4 Å². The number of nitrogens with zero attached hydrogens (tertiary/aromatic N) is 1. The number of aromatic nitrogens is 1. The second-order valence-electron chi connectivity index (χ2n) is 3.03. The Bertz CT molecular complexity index is 433. The number of alkyl halides is 1. The van der Waals surface area contributed by atoms with Gasteiger partial charge in [0.1, 0.15) is 0 Å². The van der Waals surface area contributed by atoms with Gasteiger partial charge in [0.25, 0.3) is 0 Å². The molecule has 1 aromatic heterocycles. The topological polar surface area (TPSA) is 56.3 Å². The first kappa shape index (κ1) is 12.3. The Morgan fingerprint density at radius 3 is 2.73 bits per heavy atom. The van der Waals surface area contributed by atoms with Crippen molar-refractivity contribution in [2.75, 3.05) is 13.0 Å². The quantitative estimate of drug-likeness (QED) is 0.759. The molecule has 0 spiro atoms. The van der Waals surface area contributed by atoms with Gasteiger partial charge in [-0.05, 0) is 13.0 Å². The molecule has 1 heterocycles. The van der Waals surface area contributed by atoms with Crippen LogP contribution in [0.4, 0.5) is 0 Å². The van der Waals surface area contributed by atoms with Crippen LogP contribution in [0.2, 0.25) is 0 Å². The summed E-state index contributed by atoms with van der Waals surface area (Å²) in [6.45, 7) is 1.55. The van der Waals surface area contributed by atoms with Gasteiger partial charge in [-0.2, -0.15) is 0 Å². The molecule has 0 aliphatic heterocycles. The van der Waals surface area contributed by atoms with Crippen molar-refractivity contribution in [2.24, 2.45) is 0 Å². The molecule has 0 radical (unpaired) electrons. The lowest BCUT2D eigenvalue weighted by atomic mass is 10.5. The van der Waals surface area contributed by atoms with Crippen LogP contribution >= 0.6 is 11.6 Å².